The van der Waals surface area contributed by atoms with Gasteiger partial charge in [-0.3, -0.25) is 9.48 Å². The summed E-state index contributed by atoms with van der Waals surface area (Å²) in [7, 11) is 1.57. The maximum absolute atomic E-state index is 12.2. The van der Waals surface area contributed by atoms with Gasteiger partial charge in [0.2, 0.25) is 0 Å². The zero-order valence-corrected chi connectivity index (χ0v) is 12.3. The molecule has 1 aromatic heterocycles. The molecule has 0 aliphatic heterocycles. The van der Waals surface area contributed by atoms with Crippen LogP contribution in [-0.4, -0.2) is 22.7 Å². The van der Waals surface area contributed by atoms with Crippen LogP contribution >= 0.6 is 22.6 Å². The maximum Gasteiger partial charge on any atom is 0.187 e. The Labute approximate surface area is 119 Å². The minimum Gasteiger partial charge on any atom is -0.496 e. The third kappa shape index (κ3) is 2.90. The van der Waals surface area contributed by atoms with Crippen LogP contribution in [-0.2, 0) is 6.54 Å². The fraction of sp³-hybridized carbons (Fsp3) is 0.231. The SMILES string of the molecule is COc1cc(C)ccc1C(=O)Cn1cc(I)cn1. The van der Waals surface area contributed by atoms with Gasteiger partial charge in [0.25, 0.3) is 0 Å². The van der Waals surface area contributed by atoms with Gasteiger partial charge in [0.1, 0.15) is 12.3 Å². The molecule has 0 unspecified atom stereocenters. The Balaban J connectivity index is 2.23. The number of Topliss-reactive ketones (excluding diaryl/α,β-unsaturated/α-hetero) is 1. The molecule has 0 radical (unpaired) electrons. The zero-order chi connectivity index (χ0) is 13.1. The van der Waals surface area contributed by atoms with Gasteiger partial charge in [-0.15, -0.1) is 0 Å². The molecule has 4 nitrogen and oxygen atoms in total. The summed E-state index contributed by atoms with van der Waals surface area (Å²) in [4.78, 5) is 12.2. The van der Waals surface area contributed by atoms with Gasteiger partial charge < -0.3 is 4.74 Å². The van der Waals surface area contributed by atoms with Gasteiger partial charge in [-0.05, 0) is 47.2 Å². The number of hydrogen-bond acceptors (Lipinski definition) is 3. The van der Waals surface area contributed by atoms with Crippen LogP contribution in [0.1, 0.15) is 15.9 Å². The van der Waals surface area contributed by atoms with E-state index in [1.165, 1.54) is 0 Å². The summed E-state index contributed by atoms with van der Waals surface area (Å²) in [6.07, 6.45) is 3.55. The van der Waals surface area contributed by atoms with Crippen molar-refractivity contribution >= 4 is 28.4 Å². The average molecular weight is 356 g/mol. The Morgan fingerprint density at radius 2 is 2.28 bits per heavy atom. The van der Waals surface area contributed by atoms with E-state index in [1.54, 1.807) is 24.1 Å². The second kappa shape index (κ2) is 5.51. The topological polar surface area (TPSA) is 44.1 Å². The van der Waals surface area contributed by atoms with Gasteiger partial charge in [-0.2, -0.15) is 5.10 Å². The Kier molecular flexibility index (Phi) is 4.00. The number of rotatable bonds is 4. The van der Waals surface area contributed by atoms with Gasteiger partial charge in [-0.1, -0.05) is 6.07 Å². The second-order valence-corrected chi connectivity index (χ2v) is 5.23. The predicted octanol–water partition coefficient (Wildman–Crippen LogP) is 2.69. The van der Waals surface area contributed by atoms with E-state index in [-0.39, 0.29) is 12.3 Å². The summed E-state index contributed by atoms with van der Waals surface area (Å²) in [6, 6.07) is 5.56. The summed E-state index contributed by atoms with van der Waals surface area (Å²) in [6.45, 7) is 2.19. The van der Waals surface area contributed by atoms with E-state index in [9.17, 15) is 4.79 Å². The molecule has 0 atom stereocenters. The third-order valence-electron chi connectivity index (χ3n) is 2.56. The molecule has 0 amide bonds. The van der Waals surface area contributed by atoms with Gasteiger partial charge >= 0.3 is 0 Å². The standard InChI is InChI=1S/C13H13IN2O2/c1-9-3-4-11(13(5-9)18-2)12(17)8-16-7-10(14)6-15-16/h3-7H,8H2,1-2H3. The van der Waals surface area contributed by atoms with Crippen LogP contribution in [0.3, 0.4) is 0 Å². The molecule has 0 saturated heterocycles. The molecule has 18 heavy (non-hydrogen) atoms. The van der Waals surface area contributed by atoms with Crippen molar-refractivity contribution in [3.8, 4) is 5.75 Å². The highest BCUT2D eigenvalue weighted by Crippen LogP contribution is 2.20. The van der Waals surface area contributed by atoms with E-state index in [0.717, 1.165) is 9.13 Å². The van der Waals surface area contributed by atoms with Crippen molar-refractivity contribution in [1.82, 2.24) is 9.78 Å². The van der Waals surface area contributed by atoms with Crippen molar-refractivity contribution in [2.45, 2.75) is 13.5 Å². The van der Waals surface area contributed by atoms with E-state index in [1.807, 2.05) is 25.3 Å². The minimum absolute atomic E-state index is 0.00801. The van der Waals surface area contributed by atoms with Crippen molar-refractivity contribution in [2.75, 3.05) is 7.11 Å². The lowest BCUT2D eigenvalue weighted by Gasteiger charge is -2.08. The zero-order valence-electron chi connectivity index (χ0n) is 10.2. The average Bonchev–Trinajstić information content (AvgIpc) is 2.74. The Morgan fingerprint density at radius 1 is 1.50 bits per heavy atom. The first kappa shape index (κ1) is 13.1. The number of carbonyl (C=O) groups is 1. The van der Waals surface area contributed by atoms with Gasteiger partial charge in [0, 0.05) is 6.20 Å². The van der Waals surface area contributed by atoms with Crippen LogP contribution in [0, 0.1) is 10.5 Å². The smallest absolute Gasteiger partial charge is 0.187 e. The number of carbonyl (C=O) groups excluding carboxylic acids is 1. The summed E-state index contributed by atoms with van der Waals surface area (Å²) in [5.74, 6) is 0.605. The number of methoxy groups -OCH3 is 1. The Hall–Kier alpha value is -1.37. The third-order valence-corrected chi connectivity index (χ3v) is 3.12. The summed E-state index contributed by atoms with van der Waals surface area (Å²) in [5.41, 5.74) is 1.66. The van der Waals surface area contributed by atoms with Crippen molar-refractivity contribution < 1.29 is 9.53 Å². The largest absolute Gasteiger partial charge is 0.496 e. The highest BCUT2D eigenvalue weighted by molar-refractivity contribution is 14.1. The molecular weight excluding hydrogens is 343 g/mol. The fourth-order valence-corrected chi connectivity index (χ4v) is 2.13. The molecule has 0 spiro atoms. The number of halogens is 1. The molecule has 0 bridgehead atoms. The van der Waals surface area contributed by atoms with E-state index in [0.29, 0.717) is 11.3 Å². The minimum atomic E-state index is -0.00801. The van der Waals surface area contributed by atoms with Crippen LogP contribution in [0.2, 0.25) is 0 Å². The lowest BCUT2D eigenvalue weighted by atomic mass is 10.1. The Bertz CT molecular complexity index is 578. The molecule has 2 rings (SSSR count). The van der Waals surface area contributed by atoms with E-state index >= 15 is 0 Å². The molecule has 0 N–H and O–H groups in total. The molecule has 1 aromatic carbocycles. The predicted molar refractivity (Wildman–Crippen MR) is 77.0 cm³/mol. The van der Waals surface area contributed by atoms with Crippen molar-refractivity contribution in [3.05, 3.63) is 45.3 Å². The van der Waals surface area contributed by atoms with Crippen LogP contribution < -0.4 is 4.74 Å². The van der Waals surface area contributed by atoms with Crippen LogP contribution in [0.5, 0.6) is 5.75 Å². The first-order valence-electron chi connectivity index (χ1n) is 5.46. The monoisotopic (exact) mass is 356 g/mol. The summed E-state index contributed by atoms with van der Waals surface area (Å²) >= 11 is 2.16. The Morgan fingerprint density at radius 3 is 2.89 bits per heavy atom. The van der Waals surface area contributed by atoms with Crippen molar-refractivity contribution in [3.63, 3.8) is 0 Å². The number of benzene rings is 1. The molecular formula is C13H13IN2O2. The van der Waals surface area contributed by atoms with Crippen molar-refractivity contribution in [1.29, 1.82) is 0 Å². The van der Waals surface area contributed by atoms with Crippen molar-refractivity contribution in [2.24, 2.45) is 0 Å². The molecule has 0 aliphatic carbocycles. The maximum atomic E-state index is 12.2. The lowest BCUT2D eigenvalue weighted by Crippen LogP contribution is -2.12. The normalized spacial score (nSPS) is 10.4. The number of aromatic nitrogens is 2. The number of nitrogens with zero attached hydrogens (tertiary/aromatic N) is 2. The first-order valence-corrected chi connectivity index (χ1v) is 6.54. The number of ketones is 1. The number of ether oxygens (including phenoxy) is 1. The highest BCUT2D eigenvalue weighted by Gasteiger charge is 2.13. The quantitative estimate of drug-likeness (QED) is 0.625. The van der Waals surface area contributed by atoms with Crippen LogP contribution in [0.15, 0.2) is 30.6 Å². The van der Waals surface area contributed by atoms with E-state index < -0.39 is 0 Å². The fourth-order valence-electron chi connectivity index (χ4n) is 1.69. The first-order chi connectivity index (χ1) is 8.60. The molecule has 2 aromatic rings. The summed E-state index contributed by atoms with van der Waals surface area (Å²) in [5, 5.41) is 4.10. The second-order valence-electron chi connectivity index (χ2n) is 3.98. The molecule has 94 valence electrons. The highest BCUT2D eigenvalue weighted by atomic mass is 127. The molecule has 5 heteroatoms. The lowest BCUT2D eigenvalue weighted by molar-refractivity contribution is 0.0964. The van der Waals surface area contributed by atoms with Gasteiger partial charge in [0.15, 0.2) is 5.78 Å². The summed E-state index contributed by atoms with van der Waals surface area (Å²) < 4.78 is 7.88. The number of aryl methyl sites for hydroxylation is 1. The molecule has 0 aliphatic rings. The molecule has 0 saturated carbocycles. The van der Waals surface area contributed by atoms with E-state index in [2.05, 4.69) is 27.7 Å². The van der Waals surface area contributed by atoms with Gasteiger partial charge in [0.05, 0.1) is 22.4 Å². The van der Waals surface area contributed by atoms with Gasteiger partial charge in [-0.25, -0.2) is 0 Å². The van der Waals surface area contributed by atoms with E-state index in [4.69, 9.17) is 4.74 Å². The van der Waals surface area contributed by atoms with Crippen LogP contribution in [0.25, 0.3) is 0 Å². The molecule has 1 heterocycles. The number of hydrogen-bond donors (Lipinski definition) is 0. The van der Waals surface area contributed by atoms with Crippen LogP contribution in [0.4, 0.5) is 0 Å². The molecule has 0 fully saturated rings.